The lowest BCUT2D eigenvalue weighted by atomic mass is 10.1. The van der Waals surface area contributed by atoms with Crippen LogP contribution in [-0.2, 0) is 16.4 Å². The average Bonchev–Trinajstić information content (AvgIpc) is 2.66. The van der Waals surface area contributed by atoms with Crippen LogP contribution >= 0.6 is 0 Å². The first-order chi connectivity index (χ1) is 12.5. The van der Waals surface area contributed by atoms with Gasteiger partial charge >= 0.3 is 0 Å². The molecule has 7 heteroatoms. The van der Waals surface area contributed by atoms with E-state index in [2.05, 4.69) is 4.72 Å². The summed E-state index contributed by atoms with van der Waals surface area (Å²) in [5, 5.41) is 9.02. The third-order valence-electron chi connectivity index (χ3n) is 3.73. The lowest BCUT2D eigenvalue weighted by Crippen LogP contribution is -2.25. The number of benzene rings is 2. The number of methoxy groups -OCH3 is 1. The van der Waals surface area contributed by atoms with Crippen LogP contribution in [0.5, 0.6) is 11.5 Å². The van der Waals surface area contributed by atoms with Crippen LogP contribution in [0.15, 0.2) is 47.4 Å². The van der Waals surface area contributed by atoms with E-state index in [0.29, 0.717) is 13.0 Å². The van der Waals surface area contributed by atoms with Gasteiger partial charge in [0.1, 0.15) is 16.4 Å². The number of ether oxygens (including phenoxy) is 2. The fraction of sp³-hybridized carbons (Fsp3) is 0.316. The third-order valence-corrected chi connectivity index (χ3v) is 5.21. The smallest absolute Gasteiger partial charge is 0.244 e. The van der Waals surface area contributed by atoms with E-state index in [1.807, 2.05) is 30.3 Å². The van der Waals surface area contributed by atoms with E-state index in [9.17, 15) is 8.42 Å². The number of hydrogen-bond acceptors (Lipinski definition) is 5. The quantitative estimate of drug-likeness (QED) is 0.682. The molecule has 0 aromatic heterocycles. The molecule has 138 valence electrons. The van der Waals surface area contributed by atoms with Gasteiger partial charge in [-0.25, -0.2) is 13.1 Å². The summed E-state index contributed by atoms with van der Waals surface area (Å²) in [6, 6.07) is 14.0. The van der Waals surface area contributed by atoms with Gasteiger partial charge in [-0.1, -0.05) is 12.1 Å². The number of aryl methyl sites for hydroxylation is 1. The topological polar surface area (TPSA) is 88.4 Å². The molecule has 26 heavy (non-hydrogen) atoms. The minimum atomic E-state index is -3.76. The summed E-state index contributed by atoms with van der Waals surface area (Å²) in [5.74, 6) is 1.02. The van der Waals surface area contributed by atoms with Crippen LogP contribution in [0.3, 0.4) is 0 Å². The SMILES string of the molecule is CCOc1ccc(C#N)cc1S(=O)(=O)NCCCc1cccc(OC)c1. The number of rotatable bonds is 9. The van der Waals surface area contributed by atoms with E-state index in [-0.39, 0.29) is 22.8 Å². The van der Waals surface area contributed by atoms with Gasteiger partial charge in [-0.2, -0.15) is 5.26 Å². The molecule has 0 spiro atoms. The highest BCUT2D eigenvalue weighted by molar-refractivity contribution is 7.89. The maximum absolute atomic E-state index is 12.6. The standard InChI is InChI=1S/C19H22N2O4S/c1-3-25-18-10-9-16(14-20)13-19(18)26(22,23)21-11-5-7-15-6-4-8-17(12-15)24-2/h4,6,8-10,12-13,21H,3,5,7,11H2,1-2H3. The zero-order valence-corrected chi connectivity index (χ0v) is 15.7. The molecule has 6 nitrogen and oxygen atoms in total. The van der Waals surface area contributed by atoms with E-state index in [1.54, 1.807) is 14.0 Å². The summed E-state index contributed by atoms with van der Waals surface area (Å²) >= 11 is 0. The Bertz CT molecular complexity index is 889. The molecular formula is C19H22N2O4S. The molecule has 2 aromatic rings. The Balaban J connectivity index is 2.03. The summed E-state index contributed by atoms with van der Waals surface area (Å²) in [6.45, 7) is 2.39. The first kappa shape index (κ1) is 19.8. The molecule has 0 aliphatic rings. The molecule has 0 atom stereocenters. The van der Waals surface area contributed by atoms with Gasteiger partial charge in [0.15, 0.2) is 0 Å². The van der Waals surface area contributed by atoms with Gasteiger partial charge < -0.3 is 9.47 Å². The van der Waals surface area contributed by atoms with E-state index >= 15 is 0 Å². The van der Waals surface area contributed by atoms with Crippen molar-refractivity contribution >= 4 is 10.0 Å². The fourth-order valence-corrected chi connectivity index (χ4v) is 3.71. The largest absolute Gasteiger partial charge is 0.497 e. The van der Waals surface area contributed by atoms with Gasteiger partial charge in [0, 0.05) is 6.54 Å². The number of nitrogens with one attached hydrogen (secondary N) is 1. The molecule has 0 saturated carbocycles. The average molecular weight is 374 g/mol. The van der Waals surface area contributed by atoms with Crippen LogP contribution < -0.4 is 14.2 Å². The van der Waals surface area contributed by atoms with Crippen LogP contribution in [0.1, 0.15) is 24.5 Å². The number of nitrogens with zero attached hydrogens (tertiary/aromatic N) is 1. The third kappa shape index (κ3) is 5.22. The molecule has 0 heterocycles. The lowest BCUT2D eigenvalue weighted by Gasteiger charge is -2.12. The Kier molecular flexibility index (Phi) is 7.01. The zero-order chi connectivity index (χ0) is 19.0. The molecule has 0 radical (unpaired) electrons. The Morgan fingerprint density at radius 2 is 2.00 bits per heavy atom. The van der Waals surface area contributed by atoms with Crippen molar-refractivity contribution in [2.75, 3.05) is 20.3 Å². The molecule has 0 aliphatic carbocycles. The number of nitriles is 1. The van der Waals surface area contributed by atoms with Crippen LogP contribution in [0, 0.1) is 11.3 Å². The molecule has 1 N–H and O–H groups in total. The molecular weight excluding hydrogens is 352 g/mol. The van der Waals surface area contributed by atoms with Crippen molar-refractivity contribution < 1.29 is 17.9 Å². The van der Waals surface area contributed by atoms with E-state index in [1.165, 1.54) is 18.2 Å². The van der Waals surface area contributed by atoms with E-state index in [4.69, 9.17) is 14.7 Å². The van der Waals surface area contributed by atoms with Crippen LogP contribution in [0.2, 0.25) is 0 Å². The minimum Gasteiger partial charge on any atom is -0.497 e. The van der Waals surface area contributed by atoms with Crippen molar-refractivity contribution in [1.29, 1.82) is 5.26 Å². The van der Waals surface area contributed by atoms with Crippen LogP contribution in [-0.4, -0.2) is 28.7 Å². The molecule has 0 unspecified atom stereocenters. The zero-order valence-electron chi connectivity index (χ0n) is 14.9. The normalized spacial score (nSPS) is 11.0. The molecule has 0 saturated heterocycles. The lowest BCUT2D eigenvalue weighted by molar-refractivity contribution is 0.331. The Morgan fingerprint density at radius 3 is 2.69 bits per heavy atom. The summed E-state index contributed by atoms with van der Waals surface area (Å²) in [4.78, 5) is -0.0141. The summed E-state index contributed by atoms with van der Waals surface area (Å²) < 4.78 is 38.3. The second kappa shape index (κ2) is 9.22. The van der Waals surface area contributed by atoms with Gasteiger partial charge in [-0.3, -0.25) is 0 Å². The summed E-state index contributed by atoms with van der Waals surface area (Å²) in [6.07, 6.45) is 1.35. The fourth-order valence-electron chi connectivity index (χ4n) is 2.47. The maximum Gasteiger partial charge on any atom is 0.244 e. The number of hydrogen-bond donors (Lipinski definition) is 1. The molecule has 0 bridgehead atoms. The molecule has 0 aliphatic heterocycles. The highest BCUT2D eigenvalue weighted by atomic mass is 32.2. The van der Waals surface area contributed by atoms with Gasteiger partial charge in [0.25, 0.3) is 0 Å². The van der Waals surface area contributed by atoms with Crippen molar-refractivity contribution in [3.63, 3.8) is 0 Å². The van der Waals surface area contributed by atoms with E-state index in [0.717, 1.165) is 17.7 Å². The summed E-state index contributed by atoms with van der Waals surface area (Å²) in [7, 11) is -2.15. The monoisotopic (exact) mass is 374 g/mol. The molecule has 2 rings (SSSR count). The Morgan fingerprint density at radius 1 is 1.19 bits per heavy atom. The highest BCUT2D eigenvalue weighted by Crippen LogP contribution is 2.25. The van der Waals surface area contributed by atoms with Gasteiger partial charge in [0.05, 0.1) is 25.3 Å². The van der Waals surface area contributed by atoms with Gasteiger partial charge in [-0.05, 0) is 55.7 Å². The van der Waals surface area contributed by atoms with Crippen LogP contribution in [0.4, 0.5) is 0 Å². The van der Waals surface area contributed by atoms with Crippen molar-refractivity contribution in [2.45, 2.75) is 24.7 Å². The maximum atomic E-state index is 12.6. The predicted octanol–water partition coefficient (Wildman–Crippen LogP) is 2.88. The second-order valence-corrected chi connectivity index (χ2v) is 7.29. The van der Waals surface area contributed by atoms with E-state index < -0.39 is 10.0 Å². The number of sulfonamides is 1. The first-order valence-corrected chi connectivity index (χ1v) is 9.78. The summed E-state index contributed by atoms with van der Waals surface area (Å²) in [5.41, 5.74) is 1.34. The van der Waals surface area contributed by atoms with Gasteiger partial charge in [0.2, 0.25) is 10.0 Å². The van der Waals surface area contributed by atoms with Crippen molar-refractivity contribution in [2.24, 2.45) is 0 Å². The van der Waals surface area contributed by atoms with Gasteiger partial charge in [-0.15, -0.1) is 0 Å². The predicted molar refractivity (Wildman–Crippen MR) is 98.8 cm³/mol. The van der Waals surface area contributed by atoms with Crippen LogP contribution in [0.25, 0.3) is 0 Å². The molecule has 0 fully saturated rings. The molecule has 2 aromatic carbocycles. The molecule has 0 amide bonds. The Hall–Kier alpha value is -2.56. The van der Waals surface area contributed by atoms with Crippen molar-refractivity contribution in [3.8, 4) is 17.6 Å². The Labute approximate surface area is 154 Å². The first-order valence-electron chi connectivity index (χ1n) is 8.29. The minimum absolute atomic E-state index is 0.0141. The van der Waals surface area contributed by atoms with Crippen molar-refractivity contribution in [1.82, 2.24) is 4.72 Å². The highest BCUT2D eigenvalue weighted by Gasteiger charge is 2.20. The second-order valence-electron chi connectivity index (χ2n) is 5.56. The van der Waals surface area contributed by atoms with Crippen molar-refractivity contribution in [3.05, 3.63) is 53.6 Å².